The van der Waals surface area contributed by atoms with Crippen LogP contribution in [0.2, 0.25) is 0 Å². The number of aromatic nitrogens is 1. The molecule has 0 spiro atoms. The summed E-state index contributed by atoms with van der Waals surface area (Å²) in [4.78, 5) is 17.5. The SMILES string of the molecule is CN(CCc1ccc2nc(N)sc2c1)C[C@@H]1CCCc2c1ccc1c2OOC1.Cl.Cl. The fourth-order valence-electron chi connectivity index (χ4n) is 4.50. The summed E-state index contributed by atoms with van der Waals surface area (Å²) in [5.74, 6) is 1.55. The van der Waals surface area contributed by atoms with Crippen molar-refractivity contribution in [3.8, 4) is 5.75 Å². The molecule has 162 valence electrons. The van der Waals surface area contributed by atoms with E-state index < -0.39 is 0 Å². The van der Waals surface area contributed by atoms with Gasteiger partial charge in [-0.3, -0.25) is 0 Å². The van der Waals surface area contributed by atoms with E-state index in [4.69, 9.17) is 15.5 Å². The van der Waals surface area contributed by atoms with Gasteiger partial charge >= 0.3 is 0 Å². The standard InChI is InChI=1S/C22H25N3O2S.2ClH/c1-25(10-9-14-5-8-19-20(11-14)28-22(23)24-19)12-15-3-2-4-18-17(15)7-6-16-13-26-27-21(16)18;;/h5-8,11,15H,2-4,9-10,12-13H2,1H3,(H2,23,24);2*1H/t15-;;/m0../s1. The molecular formula is C22H27Cl2N3O2S. The molecule has 1 aliphatic carbocycles. The zero-order valence-electron chi connectivity index (χ0n) is 16.9. The molecule has 2 heterocycles. The number of thiazole rings is 1. The first-order valence-electron chi connectivity index (χ1n) is 9.95. The average molecular weight is 468 g/mol. The van der Waals surface area contributed by atoms with Crippen molar-refractivity contribution in [3.63, 3.8) is 0 Å². The first kappa shape index (κ1) is 23.1. The van der Waals surface area contributed by atoms with E-state index in [9.17, 15) is 0 Å². The molecule has 3 aromatic rings. The fraction of sp³-hybridized carbons (Fsp3) is 0.409. The van der Waals surface area contributed by atoms with Gasteiger partial charge in [0.2, 0.25) is 0 Å². The zero-order chi connectivity index (χ0) is 19.1. The van der Waals surface area contributed by atoms with Crippen molar-refractivity contribution in [2.45, 2.75) is 38.2 Å². The molecule has 30 heavy (non-hydrogen) atoms. The van der Waals surface area contributed by atoms with Gasteiger partial charge in [-0.05, 0) is 61.9 Å². The lowest BCUT2D eigenvalue weighted by Crippen LogP contribution is -2.28. The number of likely N-dealkylation sites (N-methyl/N-ethyl adjacent to an activating group) is 1. The lowest BCUT2D eigenvalue weighted by molar-refractivity contribution is -0.195. The number of anilines is 1. The Bertz CT molecular complexity index is 1030. The van der Waals surface area contributed by atoms with Crippen LogP contribution in [0.4, 0.5) is 5.13 Å². The Morgan fingerprint density at radius 2 is 2.10 bits per heavy atom. The van der Waals surface area contributed by atoms with Crippen LogP contribution in [-0.2, 0) is 24.3 Å². The first-order valence-corrected chi connectivity index (χ1v) is 10.8. The van der Waals surface area contributed by atoms with Gasteiger partial charge in [0, 0.05) is 24.2 Å². The summed E-state index contributed by atoms with van der Waals surface area (Å²) in [5.41, 5.74) is 12.2. The van der Waals surface area contributed by atoms with Crippen LogP contribution in [0.25, 0.3) is 10.2 Å². The highest BCUT2D eigenvalue weighted by Gasteiger charge is 2.28. The van der Waals surface area contributed by atoms with Crippen LogP contribution in [0.5, 0.6) is 5.75 Å². The number of nitrogens with zero attached hydrogens (tertiary/aromatic N) is 2. The van der Waals surface area contributed by atoms with Crippen molar-refractivity contribution in [3.05, 3.63) is 52.6 Å². The van der Waals surface area contributed by atoms with E-state index in [1.165, 1.54) is 39.8 Å². The maximum Gasteiger partial charge on any atom is 0.181 e. The van der Waals surface area contributed by atoms with E-state index >= 15 is 0 Å². The lowest BCUT2D eigenvalue weighted by Gasteiger charge is -2.30. The Balaban J connectivity index is 0.00000128. The maximum atomic E-state index is 5.82. The smallest absolute Gasteiger partial charge is 0.181 e. The van der Waals surface area contributed by atoms with Crippen LogP contribution >= 0.6 is 36.2 Å². The van der Waals surface area contributed by atoms with Crippen molar-refractivity contribution in [2.75, 3.05) is 25.9 Å². The average Bonchev–Trinajstić information content (AvgIpc) is 3.31. The van der Waals surface area contributed by atoms with Gasteiger partial charge in [0.25, 0.3) is 0 Å². The number of benzene rings is 2. The Labute approximate surface area is 193 Å². The Kier molecular flexibility index (Phi) is 7.47. The highest BCUT2D eigenvalue weighted by molar-refractivity contribution is 7.22. The molecule has 5 rings (SSSR count). The molecule has 2 aromatic carbocycles. The summed E-state index contributed by atoms with van der Waals surface area (Å²) in [7, 11) is 2.23. The molecule has 0 saturated heterocycles. The molecule has 0 radical (unpaired) electrons. The molecule has 8 heteroatoms. The molecule has 0 amide bonds. The molecule has 2 N–H and O–H groups in total. The number of fused-ring (bicyclic) bond motifs is 4. The van der Waals surface area contributed by atoms with Gasteiger partial charge in [-0.1, -0.05) is 29.5 Å². The Morgan fingerprint density at radius 3 is 2.97 bits per heavy atom. The molecule has 1 aromatic heterocycles. The Hall–Kier alpha value is -1.57. The monoisotopic (exact) mass is 467 g/mol. The van der Waals surface area contributed by atoms with Gasteiger partial charge in [-0.25, -0.2) is 4.98 Å². The van der Waals surface area contributed by atoms with Crippen LogP contribution in [0.3, 0.4) is 0 Å². The van der Waals surface area contributed by atoms with E-state index in [1.807, 2.05) is 0 Å². The summed E-state index contributed by atoms with van der Waals surface area (Å²) in [6, 6.07) is 11.0. The summed E-state index contributed by atoms with van der Waals surface area (Å²) < 4.78 is 1.18. The van der Waals surface area contributed by atoms with Gasteiger partial charge in [-0.2, -0.15) is 4.89 Å². The predicted molar refractivity (Wildman–Crippen MR) is 127 cm³/mol. The van der Waals surface area contributed by atoms with Gasteiger partial charge in [0.05, 0.1) is 10.2 Å². The summed E-state index contributed by atoms with van der Waals surface area (Å²) in [5, 5.41) is 0.640. The van der Waals surface area contributed by atoms with Gasteiger partial charge < -0.3 is 15.5 Å². The predicted octanol–water partition coefficient (Wildman–Crippen LogP) is 5.14. The topological polar surface area (TPSA) is 60.6 Å². The van der Waals surface area contributed by atoms with Gasteiger partial charge in [-0.15, -0.1) is 24.8 Å². The molecule has 0 bridgehead atoms. The van der Waals surface area contributed by atoms with Crippen molar-refractivity contribution in [2.24, 2.45) is 0 Å². The molecule has 2 aliphatic rings. The summed E-state index contributed by atoms with van der Waals surface area (Å²) in [6.07, 6.45) is 4.59. The number of nitrogen functional groups attached to an aromatic ring is 1. The molecule has 0 unspecified atom stereocenters. The highest BCUT2D eigenvalue weighted by atomic mass is 35.5. The van der Waals surface area contributed by atoms with E-state index in [2.05, 4.69) is 47.3 Å². The minimum absolute atomic E-state index is 0. The molecular weight excluding hydrogens is 441 g/mol. The maximum absolute atomic E-state index is 5.82. The second kappa shape index (κ2) is 9.71. The zero-order valence-corrected chi connectivity index (χ0v) is 19.4. The van der Waals surface area contributed by atoms with Crippen molar-refractivity contribution < 1.29 is 9.78 Å². The number of halogens is 2. The second-order valence-electron chi connectivity index (χ2n) is 7.92. The van der Waals surface area contributed by atoms with E-state index in [-0.39, 0.29) is 24.8 Å². The van der Waals surface area contributed by atoms with Gasteiger partial charge in [0.15, 0.2) is 10.9 Å². The minimum atomic E-state index is 0. The molecule has 1 atom stereocenters. The summed E-state index contributed by atoms with van der Waals surface area (Å²) in [6.45, 7) is 2.68. The second-order valence-corrected chi connectivity index (χ2v) is 8.98. The largest absolute Gasteiger partial charge is 0.375 e. The minimum Gasteiger partial charge on any atom is -0.375 e. The first-order chi connectivity index (χ1) is 13.7. The molecule has 0 fully saturated rings. The normalized spacial score (nSPS) is 17.1. The third kappa shape index (κ3) is 4.53. The summed E-state index contributed by atoms with van der Waals surface area (Å²) >= 11 is 1.56. The number of nitrogens with two attached hydrogens (primary N) is 1. The third-order valence-corrected chi connectivity index (χ3v) is 6.79. The number of hydrogen-bond donors (Lipinski definition) is 1. The third-order valence-electron chi connectivity index (χ3n) is 5.94. The van der Waals surface area contributed by atoms with Crippen molar-refractivity contribution in [1.82, 2.24) is 9.88 Å². The van der Waals surface area contributed by atoms with Crippen LogP contribution in [0, 0.1) is 0 Å². The lowest BCUT2D eigenvalue weighted by atomic mass is 9.81. The number of rotatable bonds is 5. The van der Waals surface area contributed by atoms with E-state index in [0.717, 1.165) is 37.2 Å². The highest BCUT2D eigenvalue weighted by Crippen LogP contribution is 2.41. The molecule has 0 saturated carbocycles. The van der Waals surface area contributed by atoms with E-state index in [0.29, 0.717) is 17.7 Å². The van der Waals surface area contributed by atoms with E-state index in [1.54, 1.807) is 11.3 Å². The van der Waals surface area contributed by atoms with Crippen molar-refractivity contribution in [1.29, 1.82) is 0 Å². The van der Waals surface area contributed by atoms with Crippen LogP contribution in [0.15, 0.2) is 30.3 Å². The van der Waals surface area contributed by atoms with Crippen LogP contribution < -0.4 is 10.6 Å². The van der Waals surface area contributed by atoms with Crippen LogP contribution in [0.1, 0.15) is 41.0 Å². The molecule has 1 aliphatic heterocycles. The van der Waals surface area contributed by atoms with Gasteiger partial charge in [0.1, 0.15) is 6.61 Å². The Morgan fingerprint density at radius 1 is 1.23 bits per heavy atom. The van der Waals surface area contributed by atoms with Crippen molar-refractivity contribution >= 4 is 51.5 Å². The fourth-order valence-corrected chi connectivity index (χ4v) is 5.30. The quantitative estimate of drug-likeness (QED) is 0.526. The number of hydrogen-bond acceptors (Lipinski definition) is 6. The van der Waals surface area contributed by atoms with Crippen LogP contribution in [-0.4, -0.2) is 30.0 Å². The molecule has 5 nitrogen and oxygen atoms in total.